The molecule has 1 N–H and O–H groups in total. The molecule has 2 heterocycles. The smallest absolute Gasteiger partial charge is 0.480 e. The molecule has 1 fully saturated rings. The van der Waals surface area contributed by atoms with Crippen molar-refractivity contribution in [1.82, 2.24) is 15.2 Å². The molecule has 1 aliphatic heterocycles. The number of hydrogen-bond acceptors (Lipinski definition) is 6. The number of nitriles is 1. The molecule has 38 heavy (non-hydrogen) atoms. The minimum absolute atomic E-state index is 0.113. The monoisotopic (exact) mass is 524 g/mol. The number of hydrogen-bond donors (Lipinski definition) is 1. The summed E-state index contributed by atoms with van der Waals surface area (Å²) in [6, 6.07) is 17.2. The highest BCUT2D eigenvalue weighted by molar-refractivity contribution is 5.97. The number of aromatic nitrogens is 1. The average molecular weight is 524 g/mol. The average Bonchev–Trinajstić information content (AvgIpc) is 2.92. The Morgan fingerprint density at radius 1 is 1.13 bits per heavy atom. The summed E-state index contributed by atoms with van der Waals surface area (Å²) >= 11 is 0. The summed E-state index contributed by atoms with van der Waals surface area (Å²) in [7, 11) is 1.38. The van der Waals surface area contributed by atoms with Gasteiger partial charge < -0.3 is 19.7 Å². The van der Waals surface area contributed by atoms with E-state index in [1.54, 1.807) is 4.90 Å². The van der Waals surface area contributed by atoms with Crippen molar-refractivity contribution in [2.24, 2.45) is 0 Å². The number of carbonyl (C=O) groups is 2. The summed E-state index contributed by atoms with van der Waals surface area (Å²) in [5.74, 6) is -1.89. The third-order valence-corrected chi connectivity index (χ3v) is 6.21. The first kappa shape index (κ1) is 26.5. The molecule has 1 aliphatic rings. The van der Waals surface area contributed by atoms with Crippen LogP contribution in [0.5, 0.6) is 11.6 Å². The van der Waals surface area contributed by atoms with Crippen LogP contribution in [0.3, 0.4) is 0 Å². The number of rotatable bonds is 6. The van der Waals surface area contributed by atoms with E-state index in [1.165, 1.54) is 37.6 Å². The number of pyridine rings is 1. The molecule has 0 aliphatic carbocycles. The number of nitrogens with one attached hydrogen (secondary N) is 1. The number of amides is 2. The number of methoxy groups -OCH3 is 1. The van der Waals surface area contributed by atoms with Gasteiger partial charge in [-0.1, -0.05) is 42.5 Å². The zero-order chi connectivity index (χ0) is 27.3. The van der Waals surface area contributed by atoms with Crippen LogP contribution >= 0.6 is 0 Å². The number of benzene rings is 2. The number of nitrogens with zero attached hydrogens (tertiary/aromatic N) is 3. The number of likely N-dealkylation sites (tertiary alicyclic amines) is 1. The standard InChI is InChI=1S/C27H23F3N4O4/c1-37-25-18(14-31)13-19(15-32-25)26(36)34-12-11-22(21(16-34)17-7-3-2-4-8-17)33-24(35)20-9-5-6-10-23(20)38-27(28,29)30/h2-10,13,15,21-22H,11-12,16H2,1H3,(H,33,35)/t21-,22-/m1/s1. The Kier molecular flexibility index (Phi) is 7.81. The van der Waals surface area contributed by atoms with Crippen LogP contribution in [0.2, 0.25) is 0 Å². The maximum atomic E-state index is 13.3. The molecule has 0 unspecified atom stereocenters. The van der Waals surface area contributed by atoms with E-state index >= 15 is 0 Å². The van der Waals surface area contributed by atoms with Crippen molar-refractivity contribution in [3.63, 3.8) is 0 Å². The van der Waals surface area contributed by atoms with Crippen molar-refractivity contribution < 1.29 is 32.2 Å². The first-order chi connectivity index (χ1) is 18.2. The number of carbonyl (C=O) groups excluding carboxylic acids is 2. The molecule has 1 aromatic heterocycles. The second-order valence-electron chi connectivity index (χ2n) is 8.57. The number of piperidine rings is 1. The van der Waals surface area contributed by atoms with E-state index in [9.17, 15) is 28.0 Å². The quantitative estimate of drug-likeness (QED) is 0.516. The first-order valence-corrected chi connectivity index (χ1v) is 11.6. The second kappa shape index (κ2) is 11.2. The van der Waals surface area contributed by atoms with Gasteiger partial charge in [0.1, 0.15) is 17.4 Å². The minimum atomic E-state index is -4.95. The fourth-order valence-electron chi connectivity index (χ4n) is 4.46. The maximum absolute atomic E-state index is 13.3. The summed E-state index contributed by atoms with van der Waals surface area (Å²) in [5, 5.41) is 12.2. The highest BCUT2D eigenvalue weighted by Gasteiger charge is 2.36. The molecule has 2 atom stereocenters. The predicted octanol–water partition coefficient (Wildman–Crippen LogP) is 4.29. The van der Waals surface area contributed by atoms with Crippen molar-refractivity contribution in [2.75, 3.05) is 20.2 Å². The largest absolute Gasteiger partial charge is 0.573 e. The van der Waals surface area contributed by atoms with Crippen LogP contribution in [0, 0.1) is 11.3 Å². The molecule has 4 rings (SSSR count). The lowest BCUT2D eigenvalue weighted by molar-refractivity contribution is -0.274. The Morgan fingerprint density at radius 2 is 1.84 bits per heavy atom. The zero-order valence-corrected chi connectivity index (χ0v) is 20.2. The van der Waals surface area contributed by atoms with Gasteiger partial charge in [0.25, 0.3) is 11.8 Å². The Bertz CT molecular complexity index is 1360. The number of halogens is 3. The van der Waals surface area contributed by atoms with Crippen LogP contribution < -0.4 is 14.8 Å². The molecule has 3 aromatic rings. The fourth-order valence-corrected chi connectivity index (χ4v) is 4.46. The summed E-state index contributed by atoms with van der Waals surface area (Å²) in [5.41, 5.74) is 0.943. The van der Waals surface area contributed by atoms with E-state index in [4.69, 9.17) is 4.74 Å². The lowest BCUT2D eigenvalue weighted by Crippen LogP contribution is -2.51. The SMILES string of the molecule is COc1ncc(C(=O)N2CC[C@@H](NC(=O)c3ccccc3OC(F)(F)F)[C@@H](c3ccccc3)C2)cc1C#N. The van der Waals surface area contributed by atoms with E-state index in [0.29, 0.717) is 6.42 Å². The van der Waals surface area contributed by atoms with Crippen LogP contribution in [0.4, 0.5) is 13.2 Å². The Labute approximate surface area is 216 Å². The van der Waals surface area contributed by atoms with Crippen molar-refractivity contribution in [3.05, 3.63) is 89.1 Å². The number of ether oxygens (including phenoxy) is 2. The molecule has 196 valence electrons. The Hall–Kier alpha value is -4.59. The van der Waals surface area contributed by atoms with E-state index in [0.717, 1.165) is 11.6 Å². The first-order valence-electron chi connectivity index (χ1n) is 11.6. The van der Waals surface area contributed by atoms with E-state index in [2.05, 4.69) is 15.0 Å². The lowest BCUT2D eigenvalue weighted by Gasteiger charge is -2.39. The molecule has 0 spiro atoms. The van der Waals surface area contributed by atoms with Gasteiger partial charge in [-0.3, -0.25) is 9.59 Å². The van der Waals surface area contributed by atoms with E-state index in [1.807, 2.05) is 36.4 Å². The summed E-state index contributed by atoms with van der Waals surface area (Å²) in [6.45, 7) is 0.490. The third-order valence-electron chi connectivity index (χ3n) is 6.21. The Balaban J connectivity index is 1.57. The molecular weight excluding hydrogens is 501 g/mol. The maximum Gasteiger partial charge on any atom is 0.573 e. The topological polar surface area (TPSA) is 105 Å². The summed E-state index contributed by atoms with van der Waals surface area (Å²) in [6.07, 6.45) is -3.27. The molecule has 11 heteroatoms. The molecule has 0 radical (unpaired) electrons. The highest BCUT2D eigenvalue weighted by atomic mass is 19.4. The van der Waals surface area contributed by atoms with Crippen molar-refractivity contribution in [3.8, 4) is 17.7 Å². The van der Waals surface area contributed by atoms with Crippen molar-refractivity contribution in [2.45, 2.75) is 24.7 Å². The molecule has 2 amide bonds. The summed E-state index contributed by atoms with van der Waals surface area (Å²) < 4.78 is 47.6. The van der Waals surface area contributed by atoms with Gasteiger partial charge in [-0.15, -0.1) is 13.2 Å². The van der Waals surface area contributed by atoms with Crippen LogP contribution in [-0.4, -0.2) is 54.3 Å². The van der Waals surface area contributed by atoms with E-state index < -0.39 is 24.1 Å². The van der Waals surface area contributed by atoms with Gasteiger partial charge in [0.05, 0.1) is 18.2 Å². The normalized spacial score (nSPS) is 17.3. The number of alkyl halides is 3. The van der Waals surface area contributed by atoms with Crippen molar-refractivity contribution >= 4 is 11.8 Å². The van der Waals surface area contributed by atoms with Crippen molar-refractivity contribution in [1.29, 1.82) is 5.26 Å². The molecule has 2 aromatic carbocycles. The molecule has 0 bridgehead atoms. The fraction of sp³-hybridized carbons (Fsp3) is 0.259. The lowest BCUT2D eigenvalue weighted by atomic mass is 9.85. The van der Waals surface area contributed by atoms with Crippen LogP contribution in [0.25, 0.3) is 0 Å². The molecule has 1 saturated heterocycles. The number of para-hydroxylation sites is 1. The molecule has 8 nitrogen and oxygen atoms in total. The third kappa shape index (κ3) is 6.03. The minimum Gasteiger partial charge on any atom is -0.480 e. The van der Waals surface area contributed by atoms with Gasteiger partial charge in [-0.05, 0) is 30.2 Å². The van der Waals surface area contributed by atoms with E-state index in [-0.39, 0.29) is 47.5 Å². The van der Waals surface area contributed by atoms with Gasteiger partial charge in [0, 0.05) is 31.2 Å². The predicted molar refractivity (Wildman–Crippen MR) is 130 cm³/mol. The highest BCUT2D eigenvalue weighted by Crippen LogP contribution is 2.31. The van der Waals surface area contributed by atoms with Crippen LogP contribution in [0.15, 0.2) is 66.9 Å². The molecule has 0 saturated carbocycles. The summed E-state index contributed by atoms with van der Waals surface area (Å²) in [4.78, 5) is 32.0. The van der Waals surface area contributed by atoms with Crippen LogP contribution in [-0.2, 0) is 0 Å². The van der Waals surface area contributed by atoms with Gasteiger partial charge in [0.15, 0.2) is 0 Å². The van der Waals surface area contributed by atoms with Gasteiger partial charge in [-0.25, -0.2) is 4.98 Å². The Morgan fingerprint density at radius 3 is 2.53 bits per heavy atom. The molecular formula is C27H23F3N4O4. The van der Waals surface area contributed by atoms with Gasteiger partial charge in [0.2, 0.25) is 5.88 Å². The van der Waals surface area contributed by atoms with Crippen LogP contribution in [0.1, 0.15) is 44.2 Å². The zero-order valence-electron chi connectivity index (χ0n) is 20.2. The van der Waals surface area contributed by atoms with Gasteiger partial charge in [-0.2, -0.15) is 5.26 Å². The second-order valence-corrected chi connectivity index (χ2v) is 8.57. The van der Waals surface area contributed by atoms with Gasteiger partial charge >= 0.3 is 6.36 Å².